The van der Waals surface area contributed by atoms with E-state index < -0.39 is 48.5 Å². The van der Waals surface area contributed by atoms with Gasteiger partial charge in [0, 0.05) is 29.8 Å². The zero-order chi connectivity index (χ0) is 31.8. The molecule has 3 aromatic rings. The Morgan fingerprint density at radius 1 is 1.11 bits per heavy atom. The molecule has 0 saturated heterocycles. The van der Waals surface area contributed by atoms with Crippen LogP contribution in [0.5, 0.6) is 5.75 Å². The van der Waals surface area contributed by atoms with Crippen LogP contribution in [-0.2, 0) is 11.3 Å². The molecule has 1 aliphatic carbocycles. The lowest BCUT2D eigenvalue weighted by Crippen LogP contribution is -2.41. The van der Waals surface area contributed by atoms with Gasteiger partial charge in [-0.25, -0.2) is 13.2 Å². The molecule has 0 spiro atoms. The SMILES string of the molecule is CN1c2cc(OCC(F)F)c(C(=O)Nc3ccc(Br)cc3)cc2NC1Nc1cc(CNC(=O)C2(C(F)(F)F)CC2)ccc1F. The predicted molar refractivity (Wildman–Crippen MR) is 155 cm³/mol. The maximum absolute atomic E-state index is 14.8. The summed E-state index contributed by atoms with van der Waals surface area (Å²) in [4.78, 5) is 27.0. The van der Waals surface area contributed by atoms with Crippen molar-refractivity contribution in [2.75, 3.05) is 34.5 Å². The summed E-state index contributed by atoms with van der Waals surface area (Å²) < 4.78 is 86.6. The Kier molecular flexibility index (Phi) is 8.60. The first kappa shape index (κ1) is 31.3. The molecule has 44 heavy (non-hydrogen) atoms. The van der Waals surface area contributed by atoms with Gasteiger partial charge in [-0.3, -0.25) is 9.59 Å². The highest BCUT2D eigenvalue weighted by atomic mass is 79.9. The third-order valence-corrected chi connectivity index (χ3v) is 7.90. The molecule has 5 rings (SSSR count). The topological polar surface area (TPSA) is 94.7 Å². The second-order valence-corrected chi connectivity index (χ2v) is 11.3. The van der Waals surface area contributed by atoms with E-state index in [0.29, 0.717) is 22.6 Å². The summed E-state index contributed by atoms with van der Waals surface area (Å²) in [6.07, 6.45) is -8.79. The van der Waals surface area contributed by atoms with Crippen LogP contribution in [0.2, 0.25) is 0 Å². The van der Waals surface area contributed by atoms with Crippen LogP contribution in [0.4, 0.5) is 49.1 Å². The Morgan fingerprint density at radius 3 is 2.45 bits per heavy atom. The molecule has 8 nitrogen and oxygen atoms in total. The highest BCUT2D eigenvalue weighted by molar-refractivity contribution is 9.10. The Labute approximate surface area is 256 Å². The molecule has 4 N–H and O–H groups in total. The minimum absolute atomic E-state index is 0.0201. The lowest BCUT2D eigenvalue weighted by atomic mass is 10.1. The van der Waals surface area contributed by atoms with Crippen molar-refractivity contribution in [3.05, 3.63) is 76.0 Å². The molecule has 2 aliphatic rings. The van der Waals surface area contributed by atoms with E-state index in [1.807, 2.05) is 0 Å². The second-order valence-electron chi connectivity index (χ2n) is 10.4. The molecule has 15 heteroatoms. The minimum atomic E-state index is -4.65. The standard InChI is InChI=1S/C29H26BrF6N5O3/c1-41-22-12-23(44-14-24(32)33)18(25(42)38-17-5-3-16(30)4-6-17)11-21(22)40-27(41)39-20-10-15(2-7-19(20)31)13-37-26(43)28(8-9-28)29(34,35)36/h2-7,10-12,24,27,39-40H,8-9,13-14H2,1H3,(H,37,43)(H,38,42). The zero-order valence-electron chi connectivity index (χ0n) is 23.0. The summed E-state index contributed by atoms with van der Waals surface area (Å²) in [6.45, 7) is -1.20. The molecule has 1 heterocycles. The van der Waals surface area contributed by atoms with E-state index in [1.165, 1.54) is 24.3 Å². The molecule has 1 atom stereocenters. The van der Waals surface area contributed by atoms with Crippen LogP contribution >= 0.6 is 15.9 Å². The molecule has 0 aromatic heterocycles. The first-order valence-electron chi connectivity index (χ1n) is 13.3. The number of rotatable bonds is 10. The number of fused-ring (bicyclic) bond motifs is 1. The number of nitrogens with one attached hydrogen (secondary N) is 4. The predicted octanol–water partition coefficient (Wildman–Crippen LogP) is 6.70. The average molecular weight is 686 g/mol. The summed E-state index contributed by atoms with van der Waals surface area (Å²) >= 11 is 3.31. The first-order valence-corrected chi connectivity index (χ1v) is 14.1. The van der Waals surface area contributed by atoms with Crippen LogP contribution in [0.15, 0.2) is 59.1 Å². The maximum atomic E-state index is 14.8. The van der Waals surface area contributed by atoms with Crippen molar-refractivity contribution < 1.29 is 40.7 Å². The molecule has 0 radical (unpaired) electrons. The van der Waals surface area contributed by atoms with E-state index in [1.54, 1.807) is 36.2 Å². The number of carbonyl (C=O) groups excluding carboxylic acids is 2. The molecule has 3 aromatic carbocycles. The van der Waals surface area contributed by atoms with E-state index in [0.717, 1.165) is 10.5 Å². The fourth-order valence-electron chi connectivity index (χ4n) is 4.73. The average Bonchev–Trinajstić information content (AvgIpc) is 3.74. The van der Waals surface area contributed by atoms with Gasteiger partial charge < -0.3 is 30.9 Å². The molecule has 2 amide bonds. The van der Waals surface area contributed by atoms with Crippen LogP contribution in [0.25, 0.3) is 0 Å². The van der Waals surface area contributed by atoms with E-state index >= 15 is 0 Å². The monoisotopic (exact) mass is 685 g/mol. The third-order valence-electron chi connectivity index (χ3n) is 7.37. The van der Waals surface area contributed by atoms with E-state index in [-0.39, 0.29) is 36.4 Å². The summed E-state index contributed by atoms with van der Waals surface area (Å²) in [6, 6.07) is 13.4. The highest BCUT2D eigenvalue weighted by Gasteiger charge is 2.68. The van der Waals surface area contributed by atoms with Gasteiger partial charge in [0.1, 0.15) is 23.6 Å². The fraction of sp³-hybridized carbons (Fsp3) is 0.310. The number of alkyl halides is 5. The molecule has 1 fully saturated rings. The summed E-state index contributed by atoms with van der Waals surface area (Å²) in [5.41, 5.74) is -0.729. The molecule has 234 valence electrons. The van der Waals surface area contributed by atoms with Gasteiger partial charge in [-0.15, -0.1) is 0 Å². The smallest absolute Gasteiger partial charge is 0.403 e. The van der Waals surface area contributed by atoms with E-state index in [9.17, 15) is 35.9 Å². The van der Waals surface area contributed by atoms with Gasteiger partial charge in [-0.2, -0.15) is 13.2 Å². The molecule has 0 bridgehead atoms. The molecular weight excluding hydrogens is 660 g/mol. The summed E-state index contributed by atoms with van der Waals surface area (Å²) in [5.74, 6) is -2.50. The number of nitrogens with zero attached hydrogens (tertiary/aromatic N) is 1. The number of hydrogen-bond acceptors (Lipinski definition) is 6. The number of hydrogen-bond donors (Lipinski definition) is 4. The van der Waals surface area contributed by atoms with Gasteiger partial charge in [0.25, 0.3) is 12.3 Å². The number of ether oxygens (including phenoxy) is 1. The number of anilines is 4. The van der Waals surface area contributed by atoms with Crippen molar-refractivity contribution in [2.24, 2.45) is 5.41 Å². The summed E-state index contributed by atoms with van der Waals surface area (Å²) in [7, 11) is 1.63. The Bertz CT molecular complexity index is 1570. The summed E-state index contributed by atoms with van der Waals surface area (Å²) in [5, 5.41) is 11.0. The van der Waals surface area contributed by atoms with Crippen LogP contribution in [0, 0.1) is 11.2 Å². The van der Waals surface area contributed by atoms with Crippen molar-refractivity contribution in [3.8, 4) is 5.75 Å². The van der Waals surface area contributed by atoms with Crippen molar-refractivity contribution >= 4 is 50.5 Å². The number of benzene rings is 3. The van der Waals surface area contributed by atoms with Gasteiger partial charge in [0.15, 0.2) is 6.29 Å². The quantitative estimate of drug-likeness (QED) is 0.178. The fourth-order valence-corrected chi connectivity index (χ4v) is 4.99. The number of amides is 2. The van der Waals surface area contributed by atoms with Gasteiger partial charge in [0.2, 0.25) is 5.91 Å². The lowest BCUT2D eigenvalue weighted by Gasteiger charge is -2.25. The molecular formula is C29H26BrF6N5O3. The Balaban J connectivity index is 1.32. The van der Waals surface area contributed by atoms with E-state index in [4.69, 9.17) is 4.74 Å². The lowest BCUT2D eigenvalue weighted by molar-refractivity contribution is -0.192. The van der Waals surface area contributed by atoms with Crippen LogP contribution in [0.3, 0.4) is 0 Å². The van der Waals surface area contributed by atoms with Crippen LogP contribution in [-0.4, -0.2) is 44.4 Å². The zero-order valence-corrected chi connectivity index (χ0v) is 24.6. The molecule has 1 aliphatic heterocycles. The van der Waals surface area contributed by atoms with Crippen molar-refractivity contribution in [3.63, 3.8) is 0 Å². The Morgan fingerprint density at radius 2 is 1.82 bits per heavy atom. The van der Waals surface area contributed by atoms with Crippen LogP contribution < -0.4 is 30.9 Å². The Hall–Kier alpha value is -4.14. The van der Waals surface area contributed by atoms with Crippen molar-refractivity contribution in [1.29, 1.82) is 0 Å². The first-order chi connectivity index (χ1) is 20.8. The van der Waals surface area contributed by atoms with Gasteiger partial charge in [0.05, 0.1) is 22.6 Å². The number of carbonyl (C=O) groups is 2. The second kappa shape index (κ2) is 12.1. The third kappa shape index (κ3) is 6.51. The normalized spacial score (nSPS) is 16.7. The van der Waals surface area contributed by atoms with Crippen LogP contribution in [0.1, 0.15) is 28.8 Å². The van der Waals surface area contributed by atoms with Crippen molar-refractivity contribution in [1.82, 2.24) is 5.32 Å². The van der Waals surface area contributed by atoms with Crippen molar-refractivity contribution in [2.45, 2.75) is 38.3 Å². The molecule has 1 unspecified atom stereocenters. The van der Waals surface area contributed by atoms with Gasteiger partial charge in [-0.1, -0.05) is 22.0 Å². The number of halogens is 7. The largest absolute Gasteiger partial charge is 0.487 e. The minimum Gasteiger partial charge on any atom is -0.487 e. The van der Waals surface area contributed by atoms with Gasteiger partial charge >= 0.3 is 6.18 Å². The molecule has 1 saturated carbocycles. The van der Waals surface area contributed by atoms with E-state index in [2.05, 4.69) is 37.2 Å². The highest BCUT2D eigenvalue weighted by Crippen LogP contribution is 2.57. The van der Waals surface area contributed by atoms with Gasteiger partial charge in [-0.05, 0) is 60.9 Å². The maximum Gasteiger partial charge on any atom is 0.403 e.